The molecule has 26 heavy (non-hydrogen) atoms. The molecule has 0 aliphatic heterocycles. The third kappa shape index (κ3) is 17.9. The summed E-state index contributed by atoms with van der Waals surface area (Å²) in [5.74, 6) is -0.708. The fourth-order valence-corrected chi connectivity index (χ4v) is 2.79. The Kier molecular flexibility index (Phi) is 18.2. The highest BCUT2D eigenvalue weighted by Crippen LogP contribution is 2.13. The predicted octanol–water partition coefficient (Wildman–Crippen LogP) is 4.46. The maximum Gasteiger partial charge on any atom is 0.303 e. The van der Waals surface area contributed by atoms with Crippen molar-refractivity contribution in [1.29, 1.82) is 0 Å². The van der Waals surface area contributed by atoms with Crippen LogP contribution in [-0.2, 0) is 9.53 Å². The number of carboxylic acid groups (broad SMARTS) is 1. The summed E-state index contributed by atoms with van der Waals surface area (Å²) >= 11 is 0. The van der Waals surface area contributed by atoms with Crippen LogP contribution in [0.15, 0.2) is 12.2 Å². The zero-order chi connectivity index (χ0) is 19.5. The lowest BCUT2D eigenvalue weighted by atomic mass is 10.1. The first-order valence-electron chi connectivity index (χ1n) is 10.4. The molecule has 0 saturated carbocycles. The van der Waals surface area contributed by atoms with Gasteiger partial charge in [0.25, 0.3) is 0 Å². The highest BCUT2D eigenvalue weighted by atomic mass is 16.5. The first-order valence-corrected chi connectivity index (χ1v) is 10.4. The molecule has 154 valence electrons. The molecule has 5 heteroatoms. The molecule has 0 aliphatic rings. The Morgan fingerprint density at radius 3 is 2.35 bits per heavy atom. The molecule has 5 nitrogen and oxygen atoms in total. The molecule has 3 N–H and O–H groups in total. The molecule has 0 saturated heterocycles. The molecule has 0 aromatic rings. The van der Waals surface area contributed by atoms with E-state index in [0.29, 0.717) is 0 Å². The van der Waals surface area contributed by atoms with Crippen LogP contribution in [0.1, 0.15) is 90.4 Å². The van der Waals surface area contributed by atoms with Crippen molar-refractivity contribution in [3.05, 3.63) is 12.2 Å². The summed E-state index contributed by atoms with van der Waals surface area (Å²) in [6.45, 7) is 2.11. The van der Waals surface area contributed by atoms with Crippen LogP contribution in [-0.4, -0.2) is 46.7 Å². The Balaban J connectivity index is 3.90. The van der Waals surface area contributed by atoms with Gasteiger partial charge in [-0.15, -0.1) is 0 Å². The van der Waals surface area contributed by atoms with Gasteiger partial charge in [-0.2, -0.15) is 0 Å². The van der Waals surface area contributed by atoms with E-state index in [0.717, 1.165) is 51.4 Å². The van der Waals surface area contributed by atoms with Gasteiger partial charge in [0, 0.05) is 6.42 Å². The molecule has 0 radical (unpaired) electrons. The normalized spacial score (nSPS) is 14.0. The smallest absolute Gasteiger partial charge is 0.303 e. The molecular formula is C21H40O5. The van der Waals surface area contributed by atoms with Crippen molar-refractivity contribution in [3.63, 3.8) is 0 Å². The van der Waals surface area contributed by atoms with Crippen molar-refractivity contribution >= 4 is 5.97 Å². The van der Waals surface area contributed by atoms with E-state index in [1.165, 1.54) is 25.7 Å². The number of hydrogen-bond acceptors (Lipinski definition) is 4. The van der Waals surface area contributed by atoms with Crippen LogP contribution in [0, 0.1) is 0 Å². The van der Waals surface area contributed by atoms with E-state index in [4.69, 9.17) is 14.9 Å². The number of carbonyl (C=O) groups is 1. The van der Waals surface area contributed by atoms with Crippen LogP contribution < -0.4 is 0 Å². The molecule has 0 fully saturated rings. The summed E-state index contributed by atoms with van der Waals surface area (Å²) in [7, 11) is 0. The van der Waals surface area contributed by atoms with Crippen LogP contribution >= 0.6 is 0 Å². The lowest BCUT2D eigenvalue weighted by Gasteiger charge is -2.16. The number of unbranched alkanes of at least 4 members (excludes halogenated alkanes) is 9. The molecule has 0 rings (SSSR count). The van der Waals surface area contributed by atoms with E-state index in [1.807, 2.05) is 0 Å². The van der Waals surface area contributed by atoms with Crippen LogP contribution in [0.3, 0.4) is 0 Å². The van der Waals surface area contributed by atoms with Crippen molar-refractivity contribution in [3.8, 4) is 0 Å². The number of hydrogen-bond donors (Lipinski definition) is 3. The van der Waals surface area contributed by atoms with Gasteiger partial charge < -0.3 is 20.1 Å². The van der Waals surface area contributed by atoms with Gasteiger partial charge in [-0.1, -0.05) is 70.4 Å². The number of aliphatic hydroxyl groups excluding tert-OH is 2. The fourth-order valence-electron chi connectivity index (χ4n) is 2.79. The first kappa shape index (κ1) is 25.1. The number of allylic oxidation sites excluding steroid dienone is 1. The Labute approximate surface area is 159 Å². The largest absolute Gasteiger partial charge is 0.481 e. The number of aliphatic carboxylic acids is 1. The Morgan fingerprint density at radius 1 is 1.00 bits per heavy atom. The summed E-state index contributed by atoms with van der Waals surface area (Å²) < 4.78 is 5.73. The van der Waals surface area contributed by atoms with Gasteiger partial charge >= 0.3 is 5.97 Å². The van der Waals surface area contributed by atoms with Crippen molar-refractivity contribution in [2.75, 3.05) is 13.2 Å². The maximum absolute atomic E-state index is 10.4. The predicted molar refractivity (Wildman–Crippen MR) is 105 cm³/mol. The Morgan fingerprint density at radius 2 is 1.65 bits per heavy atom. The quantitative estimate of drug-likeness (QED) is 0.230. The molecule has 0 bridgehead atoms. The van der Waals surface area contributed by atoms with Crippen LogP contribution in [0.5, 0.6) is 0 Å². The second kappa shape index (κ2) is 18.9. The summed E-state index contributed by atoms with van der Waals surface area (Å²) in [4.78, 5) is 10.4. The summed E-state index contributed by atoms with van der Waals surface area (Å²) in [6, 6.07) is 0. The summed E-state index contributed by atoms with van der Waals surface area (Å²) in [5, 5.41) is 27.0. The second-order valence-electron chi connectivity index (χ2n) is 7.04. The van der Waals surface area contributed by atoms with Gasteiger partial charge in [-0.3, -0.25) is 4.79 Å². The zero-order valence-corrected chi connectivity index (χ0v) is 16.6. The molecule has 2 atom stereocenters. The number of rotatable bonds is 19. The van der Waals surface area contributed by atoms with Gasteiger partial charge in [0.05, 0.1) is 19.3 Å². The SMILES string of the molecule is CCCCCCCC(/C=C\CCCCCCCC(=O)O)OCC(O)CO. The van der Waals surface area contributed by atoms with Crippen molar-refractivity contribution in [2.45, 2.75) is 103 Å². The monoisotopic (exact) mass is 372 g/mol. The number of aliphatic hydroxyl groups is 2. The van der Waals surface area contributed by atoms with Crippen LogP contribution in [0.4, 0.5) is 0 Å². The molecule has 0 aliphatic carbocycles. The van der Waals surface area contributed by atoms with Gasteiger partial charge in [-0.05, 0) is 25.7 Å². The van der Waals surface area contributed by atoms with E-state index in [2.05, 4.69) is 19.1 Å². The van der Waals surface area contributed by atoms with Gasteiger partial charge in [0.15, 0.2) is 0 Å². The van der Waals surface area contributed by atoms with E-state index < -0.39 is 12.1 Å². The van der Waals surface area contributed by atoms with Gasteiger partial charge in [-0.25, -0.2) is 0 Å². The second-order valence-corrected chi connectivity index (χ2v) is 7.04. The van der Waals surface area contributed by atoms with Gasteiger partial charge in [0.1, 0.15) is 6.10 Å². The average Bonchev–Trinajstić information content (AvgIpc) is 2.63. The van der Waals surface area contributed by atoms with E-state index >= 15 is 0 Å². The molecule has 0 aromatic carbocycles. The minimum atomic E-state index is -0.809. The van der Waals surface area contributed by atoms with Crippen molar-refractivity contribution in [1.82, 2.24) is 0 Å². The third-order valence-corrected chi connectivity index (χ3v) is 4.42. The Bertz CT molecular complexity index is 343. The minimum absolute atomic E-state index is 0.00777. The lowest BCUT2D eigenvalue weighted by Crippen LogP contribution is -2.23. The standard InChI is InChI=1S/C21H40O5/c1-2-3-4-8-11-14-20(26-18-19(23)17-22)15-12-9-6-5-7-10-13-16-21(24)25/h12,15,19-20,22-23H,2-11,13-14,16-18H2,1H3,(H,24,25)/b15-12-. The third-order valence-electron chi connectivity index (χ3n) is 4.42. The fraction of sp³-hybridized carbons (Fsp3) is 0.857. The maximum atomic E-state index is 10.4. The molecular weight excluding hydrogens is 332 g/mol. The molecule has 0 amide bonds. The first-order chi connectivity index (χ1) is 12.6. The molecule has 0 aromatic heterocycles. The summed E-state index contributed by atoms with van der Waals surface area (Å²) in [5.41, 5.74) is 0. The van der Waals surface area contributed by atoms with Crippen molar-refractivity contribution < 1.29 is 24.9 Å². The zero-order valence-electron chi connectivity index (χ0n) is 16.6. The highest BCUT2D eigenvalue weighted by molar-refractivity contribution is 5.66. The highest BCUT2D eigenvalue weighted by Gasteiger charge is 2.09. The number of carboxylic acids is 1. The molecule has 0 heterocycles. The van der Waals surface area contributed by atoms with E-state index in [9.17, 15) is 9.90 Å². The van der Waals surface area contributed by atoms with Crippen molar-refractivity contribution in [2.24, 2.45) is 0 Å². The number of ether oxygens (including phenoxy) is 1. The molecule has 2 unspecified atom stereocenters. The van der Waals surface area contributed by atoms with E-state index in [1.54, 1.807) is 0 Å². The summed E-state index contributed by atoms with van der Waals surface area (Å²) in [6.07, 6.45) is 16.8. The average molecular weight is 373 g/mol. The van der Waals surface area contributed by atoms with Gasteiger partial charge in [0.2, 0.25) is 0 Å². The minimum Gasteiger partial charge on any atom is -0.481 e. The topological polar surface area (TPSA) is 87.0 Å². The Hall–Kier alpha value is -0.910. The van der Waals surface area contributed by atoms with E-state index in [-0.39, 0.29) is 25.7 Å². The molecule has 0 spiro atoms. The van der Waals surface area contributed by atoms with Crippen LogP contribution in [0.2, 0.25) is 0 Å². The van der Waals surface area contributed by atoms with Crippen LogP contribution in [0.25, 0.3) is 0 Å². The lowest BCUT2D eigenvalue weighted by molar-refractivity contribution is -0.137.